The van der Waals surface area contributed by atoms with Crippen molar-refractivity contribution in [3.05, 3.63) is 0 Å². The van der Waals surface area contributed by atoms with Crippen molar-refractivity contribution in [1.82, 2.24) is 9.80 Å². The lowest BCUT2D eigenvalue weighted by Crippen LogP contribution is -2.48. The average Bonchev–Trinajstić information content (AvgIpc) is 2.61. The number of rotatable bonds is 5. The first-order valence-corrected chi connectivity index (χ1v) is 7.00. The third-order valence-electron chi connectivity index (χ3n) is 3.82. The van der Waals surface area contributed by atoms with Gasteiger partial charge in [0.05, 0.1) is 12.6 Å². The van der Waals surface area contributed by atoms with Gasteiger partial charge in [0.25, 0.3) is 0 Å². The van der Waals surface area contributed by atoms with Gasteiger partial charge >= 0.3 is 0 Å². The van der Waals surface area contributed by atoms with Gasteiger partial charge in [-0.05, 0) is 12.3 Å². The SMILES string of the molecule is CCC(C)C(N)C(=O)N1CCCN(CC(N)=O)CC1. The molecule has 2 amide bonds. The van der Waals surface area contributed by atoms with Gasteiger partial charge in [0, 0.05) is 26.2 Å². The number of amides is 2. The van der Waals surface area contributed by atoms with Gasteiger partial charge in [0.1, 0.15) is 0 Å². The van der Waals surface area contributed by atoms with E-state index in [2.05, 4.69) is 0 Å². The summed E-state index contributed by atoms with van der Waals surface area (Å²) in [7, 11) is 0. The van der Waals surface area contributed by atoms with E-state index in [1.165, 1.54) is 0 Å². The zero-order valence-corrected chi connectivity index (χ0v) is 12.0. The van der Waals surface area contributed by atoms with E-state index in [1.54, 1.807) is 0 Å². The van der Waals surface area contributed by atoms with Gasteiger partial charge in [-0.3, -0.25) is 14.5 Å². The van der Waals surface area contributed by atoms with Crippen molar-refractivity contribution in [2.45, 2.75) is 32.7 Å². The molecule has 1 heterocycles. The predicted molar refractivity (Wildman–Crippen MR) is 74.3 cm³/mol. The molecule has 0 aromatic carbocycles. The Morgan fingerprint density at radius 1 is 1.21 bits per heavy atom. The first kappa shape index (κ1) is 15.9. The van der Waals surface area contributed by atoms with Crippen LogP contribution in [0.4, 0.5) is 0 Å². The number of carbonyl (C=O) groups excluding carboxylic acids is 2. The molecule has 1 aliphatic rings. The molecule has 0 radical (unpaired) electrons. The van der Waals surface area contributed by atoms with Gasteiger partial charge in [-0.2, -0.15) is 0 Å². The molecule has 6 nitrogen and oxygen atoms in total. The summed E-state index contributed by atoms with van der Waals surface area (Å²) < 4.78 is 0. The van der Waals surface area contributed by atoms with Crippen molar-refractivity contribution in [3.63, 3.8) is 0 Å². The van der Waals surface area contributed by atoms with E-state index in [0.29, 0.717) is 19.6 Å². The Morgan fingerprint density at radius 2 is 1.89 bits per heavy atom. The number of hydrogen-bond donors (Lipinski definition) is 2. The molecular formula is C13H26N4O2. The molecule has 1 rings (SSSR count). The Morgan fingerprint density at radius 3 is 2.47 bits per heavy atom. The Bertz CT molecular complexity index is 322. The molecule has 110 valence electrons. The summed E-state index contributed by atoms with van der Waals surface area (Å²) in [6.45, 7) is 7.11. The number of hydrogen-bond acceptors (Lipinski definition) is 4. The van der Waals surface area contributed by atoms with Crippen LogP contribution in [0.5, 0.6) is 0 Å². The minimum absolute atomic E-state index is 0.0234. The largest absolute Gasteiger partial charge is 0.369 e. The van der Waals surface area contributed by atoms with Crippen molar-refractivity contribution in [1.29, 1.82) is 0 Å². The number of carbonyl (C=O) groups is 2. The molecule has 0 bridgehead atoms. The second kappa shape index (κ2) is 7.45. The number of primary amides is 1. The van der Waals surface area contributed by atoms with Crippen LogP contribution >= 0.6 is 0 Å². The minimum atomic E-state index is -0.423. The molecule has 0 aromatic rings. The molecule has 2 atom stereocenters. The van der Waals surface area contributed by atoms with Crippen LogP contribution in [0.3, 0.4) is 0 Å². The topological polar surface area (TPSA) is 92.7 Å². The number of nitrogens with zero attached hydrogens (tertiary/aromatic N) is 2. The first-order valence-electron chi connectivity index (χ1n) is 7.00. The molecule has 0 saturated carbocycles. The van der Waals surface area contributed by atoms with Crippen molar-refractivity contribution in [2.24, 2.45) is 17.4 Å². The van der Waals surface area contributed by atoms with Crippen molar-refractivity contribution >= 4 is 11.8 Å². The van der Waals surface area contributed by atoms with Crippen LogP contribution < -0.4 is 11.5 Å². The fourth-order valence-corrected chi connectivity index (χ4v) is 2.28. The van der Waals surface area contributed by atoms with E-state index in [9.17, 15) is 9.59 Å². The van der Waals surface area contributed by atoms with Crippen LogP contribution in [0.1, 0.15) is 26.7 Å². The van der Waals surface area contributed by atoms with Gasteiger partial charge in [0.2, 0.25) is 11.8 Å². The molecule has 0 spiro atoms. The summed E-state index contributed by atoms with van der Waals surface area (Å²) in [6, 6.07) is -0.423. The average molecular weight is 270 g/mol. The molecule has 0 aromatic heterocycles. The van der Waals surface area contributed by atoms with Crippen LogP contribution in [0.15, 0.2) is 0 Å². The van der Waals surface area contributed by atoms with E-state index in [1.807, 2.05) is 23.6 Å². The highest BCUT2D eigenvalue weighted by atomic mass is 16.2. The third-order valence-corrected chi connectivity index (χ3v) is 3.82. The molecular weight excluding hydrogens is 244 g/mol. The monoisotopic (exact) mass is 270 g/mol. The van der Waals surface area contributed by atoms with Gasteiger partial charge < -0.3 is 16.4 Å². The fourth-order valence-electron chi connectivity index (χ4n) is 2.28. The smallest absolute Gasteiger partial charge is 0.239 e. The Labute approximate surface area is 115 Å². The molecule has 4 N–H and O–H groups in total. The zero-order chi connectivity index (χ0) is 14.4. The van der Waals surface area contributed by atoms with Gasteiger partial charge in [0.15, 0.2) is 0 Å². The Kier molecular flexibility index (Phi) is 6.24. The fraction of sp³-hybridized carbons (Fsp3) is 0.846. The molecule has 0 aliphatic carbocycles. The highest BCUT2D eigenvalue weighted by Crippen LogP contribution is 2.11. The normalized spacial score (nSPS) is 20.7. The first-order chi connectivity index (χ1) is 8.95. The Hall–Kier alpha value is -1.14. The van der Waals surface area contributed by atoms with E-state index >= 15 is 0 Å². The molecule has 1 saturated heterocycles. The van der Waals surface area contributed by atoms with Crippen LogP contribution in [-0.4, -0.2) is 60.4 Å². The Balaban J connectivity index is 2.52. The van der Waals surface area contributed by atoms with E-state index < -0.39 is 6.04 Å². The zero-order valence-electron chi connectivity index (χ0n) is 12.0. The molecule has 1 aliphatic heterocycles. The van der Waals surface area contributed by atoms with Crippen LogP contribution in [0.2, 0.25) is 0 Å². The van der Waals surface area contributed by atoms with Gasteiger partial charge in [-0.15, -0.1) is 0 Å². The third kappa shape index (κ3) is 4.80. The molecule has 19 heavy (non-hydrogen) atoms. The standard InChI is InChI=1S/C13H26N4O2/c1-3-10(2)12(15)13(19)17-6-4-5-16(7-8-17)9-11(14)18/h10,12H,3-9,15H2,1-2H3,(H2,14,18). The highest BCUT2D eigenvalue weighted by Gasteiger charge is 2.26. The van der Waals surface area contributed by atoms with E-state index in [0.717, 1.165) is 19.4 Å². The lowest BCUT2D eigenvalue weighted by molar-refractivity contribution is -0.133. The highest BCUT2D eigenvalue weighted by molar-refractivity contribution is 5.82. The summed E-state index contributed by atoms with van der Waals surface area (Å²) in [5.74, 6) is -0.108. The van der Waals surface area contributed by atoms with Crippen molar-refractivity contribution in [3.8, 4) is 0 Å². The molecule has 1 fully saturated rings. The molecule has 6 heteroatoms. The lowest BCUT2D eigenvalue weighted by Gasteiger charge is -2.27. The minimum Gasteiger partial charge on any atom is -0.369 e. The summed E-state index contributed by atoms with van der Waals surface area (Å²) >= 11 is 0. The summed E-state index contributed by atoms with van der Waals surface area (Å²) in [4.78, 5) is 27.0. The maximum absolute atomic E-state index is 12.3. The second-order valence-electron chi connectivity index (χ2n) is 5.33. The number of nitrogens with two attached hydrogens (primary N) is 2. The molecule has 2 unspecified atom stereocenters. The summed E-state index contributed by atoms with van der Waals surface area (Å²) in [6.07, 6.45) is 1.75. The van der Waals surface area contributed by atoms with E-state index in [4.69, 9.17) is 11.5 Å². The maximum atomic E-state index is 12.3. The lowest BCUT2D eigenvalue weighted by atomic mass is 9.99. The van der Waals surface area contributed by atoms with Crippen LogP contribution in [-0.2, 0) is 9.59 Å². The van der Waals surface area contributed by atoms with Crippen LogP contribution in [0.25, 0.3) is 0 Å². The van der Waals surface area contributed by atoms with Gasteiger partial charge in [-0.25, -0.2) is 0 Å². The predicted octanol–water partition coefficient (Wildman–Crippen LogP) is -0.621. The summed E-state index contributed by atoms with van der Waals surface area (Å²) in [5.41, 5.74) is 11.2. The second-order valence-corrected chi connectivity index (χ2v) is 5.33. The van der Waals surface area contributed by atoms with E-state index in [-0.39, 0.29) is 24.3 Å². The summed E-state index contributed by atoms with van der Waals surface area (Å²) in [5, 5.41) is 0. The van der Waals surface area contributed by atoms with Crippen molar-refractivity contribution in [2.75, 3.05) is 32.7 Å². The maximum Gasteiger partial charge on any atom is 0.239 e. The van der Waals surface area contributed by atoms with Gasteiger partial charge in [-0.1, -0.05) is 20.3 Å². The quantitative estimate of drug-likeness (QED) is 0.696. The van der Waals surface area contributed by atoms with Crippen molar-refractivity contribution < 1.29 is 9.59 Å². The van der Waals surface area contributed by atoms with Crippen LogP contribution in [0, 0.1) is 5.92 Å².